The summed E-state index contributed by atoms with van der Waals surface area (Å²) in [6, 6.07) is 8.77. The second-order valence-electron chi connectivity index (χ2n) is 4.31. The second kappa shape index (κ2) is 7.29. The first-order valence-electron chi connectivity index (χ1n) is 6.15. The number of ether oxygens (including phenoxy) is 1. The normalized spacial score (nSPS) is 12.4. The predicted molar refractivity (Wildman–Crippen MR) is 69.0 cm³/mol. The van der Waals surface area contributed by atoms with E-state index < -0.39 is 0 Å². The van der Waals surface area contributed by atoms with Crippen LogP contribution in [0.15, 0.2) is 24.3 Å². The van der Waals surface area contributed by atoms with Crippen molar-refractivity contribution in [2.24, 2.45) is 0 Å². The smallest absolute Gasteiger partial charge is 0.119 e. The highest BCUT2D eigenvalue weighted by molar-refractivity contribution is 5.26. The molecule has 1 unspecified atom stereocenters. The average Bonchev–Trinajstić information content (AvgIpc) is 2.27. The molecule has 0 amide bonds. The Kier molecular flexibility index (Phi) is 5.94. The third kappa shape index (κ3) is 5.17. The van der Waals surface area contributed by atoms with Gasteiger partial charge in [0, 0.05) is 12.6 Å². The third-order valence-electron chi connectivity index (χ3n) is 2.61. The zero-order chi connectivity index (χ0) is 11.8. The molecule has 0 saturated heterocycles. The Hall–Kier alpha value is -1.02. The molecule has 0 fully saturated rings. The van der Waals surface area contributed by atoms with Crippen LogP contribution in [-0.4, -0.2) is 19.2 Å². The van der Waals surface area contributed by atoms with Gasteiger partial charge >= 0.3 is 0 Å². The summed E-state index contributed by atoms with van der Waals surface area (Å²) in [5, 5.41) is 3.44. The van der Waals surface area contributed by atoms with Crippen molar-refractivity contribution in [1.29, 1.82) is 0 Å². The molecule has 1 atom stereocenters. The lowest BCUT2D eigenvalue weighted by atomic mass is 10.2. The molecule has 1 aromatic rings. The summed E-state index contributed by atoms with van der Waals surface area (Å²) in [5.41, 5.74) is 1.27. The molecule has 0 radical (unpaired) electrons. The predicted octanol–water partition coefficient (Wildman–Crippen LogP) is 3.15. The van der Waals surface area contributed by atoms with Crippen molar-refractivity contribution in [2.45, 2.75) is 39.7 Å². The van der Waals surface area contributed by atoms with E-state index in [1.807, 2.05) is 12.1 Å². The van der Waals surface area contributed by atoms with Crippen molar-refractivity contribution in [3.63, 3.8) is 0 Å². The highest BCUT2D eigenvalue weighted by Gasteiger charge is 1.98. The molecule has 90 valence electrons. The lowest BCUT2D eigenvalue weighted by Gasteiger charge is -2.13. The molecule has 2 heteroatoms. The first-order chi connectivity index (χ1) is 7.72. The van der Waals surface area contributed by atoms with Crippen molar-refractivity contribution >= 4 is 0 Å². The van der Waals surface area contributed by atoms with E-state index in [-0.39, 0.29) is 0 Å². The van der Waals surface area contributed by atoms with Gasteiger partial charge in [0.15, 0.2) is 0 Å². The zero-order valence-electron chi connectivity index (χ0n) is 10.6. The number of hydrogen-bond acceptors (Lipinski definition) is 2. The van der Waals surface area contributed by atoms with Crippen molar-refractivity contribution < 1.29 is 4.74 Å². The van der Waals surface area contributed by atoms with Crippen LogP contribution < -0.4 is 10.1 Å². The third-order valence-corrected chi connectivity index (χ3v) is 2.61. The van der Waals surface area contributed by atoms with Gasteiger partial charge in [-0.2, -0.15) is 0 Å². The van der Waals surface area contributed by atoms with E-state index in [9.17, 15) is 0 Å². The van der Waals surface area contributed by atoms with Crippen LogP contribution in [-0.2, 0) is 0 Å². The van der Waals surface area contributed by atoms with Gasteiger partial charge in [0.1, 0.15) is 12.4 Å². The molecule has 0 bridgehead atoms. The molecule has 1 rings (SSSR count). The Labute approximate surface area is 99.0 Å². The molecule has 0 heterocycles. The molecule has 0 spiro atoms. The quantitative estimate of drug-likeness (QED) is 0.714. The number of hydrogen-bond donors (Lipinski definition) is 1. The molecule has 1 aromatic carbocycles. The van der Waals surface area contributed by atoms with Gasteiger partial charge in [0.05, 0.1) is 0 Å². The van der Waals surface area contributed by atoms with E-state index in [0.717, 1.165) is 18.9 Å². The Morgan fingerprint density at radius 3 is 2.56 bits per heavy atom. The van der Waals surface area contributed by atoms with Crippen LogP contribution in [0.2, 0.25) is 0 Å². The van der Waals surface area contributed by atoms with E-state index in [1.165, 1.54) is 18.4 Å². The molecule has 1 N–H and O–H groups in total. The van der Waals surface area contributed by atoms with E-state index in [0.29, 0.717) is 6.04 Å². The Morgan fingerprint density at radius 2 is 1.94 bits per heavy atom. The van der Waals surface area contributed by atoms with Gasteiger partial charge in [0.25, 0.3) is 0 Å². The molecule has 0 saturated carbocycles. The van der Waals surface area contributed by atoms with Crippen molar-refractivity contribution in [1.82, 2.24) is 5.32 Å². The molecular formula is C14H23NO. The monoisotopic (exact) mass is 221 g/mol. The van der Waals surface area contributed by atoms with Crippen LogP contribution >= 0.6 is 0 Å². The highest BCUT2D eigenvalue weighted by atomic mass is 16.5. The molecule has 0 aliphatic heterocycles. The van der Waals surface area contributed by atoms with Gasteiger partial charge in [-0.25, -0.2) is 0 Å². The molecule has 0 aliphatic carbocycles. The largest absolute Gasteiger partial charge is 0.492 e. The van der Waals surface area contributed by atoms with Gasteiger partial charge in [-0.3, -0.25) is 0 Å². The van der Waals surface area contributed by atoms with E-state index in [2.05, 4.69) is 38.2 Å². The van der Waals surface area contributed by atoms with Crippen LogP contribution in [0.4, 0.5) is 0 Å². The van der Waals surface area contributed by atoms with Gasteiger partial charge in [-0.15, -0.1) is 0 Å². The summed E-state index contributed by atoms with van der Waals surface area (Å²) in [6.45, 7) is 8.15. The highest BCUT2D eigenvalue weighted by Crippen LogP contribution is 2.10. The van der Waals surface area contributed by atoms with Crippen LogP contribution in [0.25, 0.3) is 0 Å². The van der Waals surface area contributed by atoms with Gasteiger partial charge in [0.2, 0.25) is 0 Å². The first-order valence-corrected chi connectivity index (χ1v) is 6.15. The van der Waals surface area contributed by atoms with Crippen molar-refractivity contribution in [3.05, 3.63) is 29.8 Å². The van der Waals surface area contributed by atoms with Crippen molar-refractivity contribution in [3.8, 4) is 5.75 Å². The lowest BCUT2D eigenvalue weighted by molar-refractivity contribution is 0.305. The molecule has 0 aliphatic rings. The molecule has 16 heavy (non-hydrogen) atoms. The van der Waals surface area contributed by atoms with Crippen LogP contribution in [0.5, 0.6) is 5.75 Å². The van der Waals surface area contributed by atoms with E-state index in [1.54, 1.807) is 0 Å². The fourth-order valence-electron chi connectivity index (χ4n) is 1.64. The summed E-state index contributed by atoms with van der Waals surface area (Å²) in [4.78, 5) is 0. The summed E-state index contributed by atoms with van der Waals surface area (Å²) in [6.07, 6.45) is 2.46. The average molecular weight is 221 g/mol. The van der Waals surface area contributed by atoms with E-state index in [4.69, 9.17) is 4.74 Å². The minimum atomic E-state index is 0.589. The fraction of sp³-hybridized carbons (Fsp3) is 0.571. The molecule has 0 aromatic heterocycles. The summed E-state index contributed by atoms with van der Waals surface area (Å²) >= 11 is 0. The lowest BCUT2D eigenvalue weighted by Crippen LogP contribution is -2.29. The topological polar surface area (TPSA) is 21.3 Å². The summed E-state index contributed by atoms with van der Waals surface area (Å²) in [5.74, 6) is 0.954. The summed E-state index contributed by atoms with van der Waals surface area (Å²) < 4.78 is 5.63. The zero-order valence-corrected chi connectivity index (χ0v) is 10.6. The van der Waals surface area contributed by atoms with Crippen LogP contribution in [0.1, 0.15) is 32.3 Å². The number of rotatable bonds is 7. The van der Waals surface area contributed by atoms with Crippen molar-refractivity contribution in [2.75, 3.05) is 13.2 Å². The number of nitrogens with one attached hydrogen (secondary N) is 1. The number of benzene rings is 1. The maximum atomic E-state index is 5.63. The van der Waals surface area contributed by atoms with Gasteiger partial charge < -0.3 is 10.1 Å². The second-order valence-corrected chi connectivity index (χ2v) is 4.31. The number of aryl methyl sites for hydroxylation is 1. The summed E-state index contributed by atoms with van der Waals surface area (Å²) in [7, 11) is 0. The minimum Gasteiger partial charge on any atom is -0.492 e. The Bertz CT molecular complexity index is 281. The minimum absolute atomic E-state index is 0.589. The van der Waals surface area contributed by atoms with Gasteiger partial charge in [-0.05, 0) is 32.4 Å². The Morgan fingerprint density at radius 1 is 1.25 bits per heavy atom. The standard InChI is InChI=1S/C14H23NO/c1-4-5-13(3)15-10-11-16-14-8-6-12(2)7-9-14/h6-9,13,15H,4-5,10-11H2,1-3H3. The van der Waals surface area contributed by atoms with E-state index >= 15 is 0 Å². The molecule has 2 nitrogen and oxygen atoms in total. The SMILES string of the molecule is CCCC(C)NCCOc1ccc(C)cc1. The fourth-order valence-corrected chi connectivity index (χ4v) is 1.64. The molecular weight excluding hydrogens is 198 g/mol. The first kappa shape index (κ1) is 13.0. The Balaban J connectivity index is 2.13. The maximum Gasteiger partial charge on any atom is 0.119 e. The van der Waals surface area contributed by atoms with Gasteiger partial charge in [-0.1, -0.05) is 31.0 Å². The maximum absolute atomic E-state index is 5.63. The van der Waals surface area contributed by atoms with Crippen LogP contribution in [0, 0.1) is 6.92 Å². The van der Waals surface area contributed by atoms with Crippen LogP contribution in [0.3, 0.4) is 0 Å².